The van der Waals surface area contributed by atoms with Crippen molar-refractivity contribution in [1.82, 2.24) is 0 Å². The number of nitrogens with zero attached hydrogens (tertiary/aromatic N) is 1. The molecule has 3 nitrogen and oxygen atoms in total. The monoisotopic (exact) mass is 262 g/mol. The van der Waals surface area contributed by atoms with Gasteiger partial charge in [0.1, 0.15) is 6.04 Å². The van der Waals surface area contributed by atoms with E-state index in [0.29, 0.717) is 12.6 Å². The van der Waals surface area contributed by atoms with E-state index in [1.54, 1.807) is 0 Å². The zero-order valence-electron chi connectivity index (χ0n) is 12.1. The molecule has 0 bridgehead atoms. The van der Waals surface area contributed by atoms with Gasteiger partial charge in [-0.15, -0.1) is 0 Å². The first-order valence-corrected chi connectivity index (χ1v) is 6.64. The number of esters is 1. The van der Waals surface area contributed by atoms with Crippen molar-refractivity contribution in [3.63, 3.8) is 0 Å². The molecule has 1 rings (SSSR count). The molecule has 0 aromatic heterocycles. The molecule has 0 N–H and O–H groups in total. The van der Waals surface area contributed by atoms with E-state index in [1.807, 2.05) is 6.07 Å². The Morgan fingerprint density at radius 3 is 2.58 bits per heavy atom. The summed E-state index contributed by atoms with van der Waals surface area (Å²) in [6, 6.07) is 10.9. The van der Waals surface area contributed by atoms with E-state index in [4.69, 9.17) is 4.74 Å². The number of carbonyl (C=O) groups is 1. The number of carbonyl (C=O) groups excluding carboxylic acids is 1. The molecule has 1 aromatic carbocycles. The third-order valence-electron chi connectivity index (χ3n) is 3.62. The van der Waals surface area contributed by atoms with E-state index in [0.717, 1.165) is 17.4 Å². The molecule has 0 radical (unpaired) electrons. The largest absolute Gasteiger partial charge is 0.462 e. The fourth-order valence-corrected chi connectivity index (χ4v) is 2.03. The molecule has 19 heavy (non-hydrogen) atoms. The summed E-state index contributed by atoms with van der Waals surface area (Å²) >= 11 is 0. The fourth-order valence-electron chi connectivity index (χ4n) is 2.03. The number of hydrogen-bond donors (Lipinski definition) is 0. The lowest BCUT2D eigenvalue weighted by Crippen LogP contribution is -2.43. The van der Waals surface area contributed by atoms with Gasteiger partial charge in [-0.3, -0.25) is 0 Å². The summed E-state index contributed by atoms with van der Waals surface area (Å²) in [5.41, 5.74) is 1.33. The molecule has 104 valence electrons. The maximum atomic E-state index is 10.9. The Morgan fingerprint density at radius 2 is 2.00 bits per heavy atom. The van der Waals surface area contributed by atoms with Crippen LogP contribution in [-0.2, 0) is 9.53 Å². The minimum absolute atomic E-state index is 0.346. The van der Waals surface area contributed by atoms with Gasteiger partial charge in [0, 0.05) is 18.1 Å². The Balaban J connectivity index is 2.47. The Bertz CT molecular complexity index is 412. The van der Waals surface area contributed by atoms with Crippen molar-refractivity contribution in [2.45, 2.75) is 19.4 Å². The SMILES string of the molecule is C=CC(=O)OCCC[N+](C)(C)C(C)c1ccccc1. The summed E-state index contributed by atoms with van der Waals surface area (Å²) in [5, 5.41) is 0. The number of benzene rings is 1. The predicted octanol–water partition coefficient (Wildman–Crippen LogP) is 2.94. The zero-order valence-corrected chi connectivity index (χ0v) is 12.1. The minimum Gasteiger partial charge on any atom is -0.462 e. The summed E-state index contributed by atoms with van der Waals surface area (Å²) in [6.07, 6.45) is 2.05. The lowest BCUT2D eigenvalue weighted by molar-refractivity contribution is -0.919. The quantitative estimate of drug-likeness (QED) is 0.327. The molecule has 0 amide bonds. The normalized spacial score (nSPS) is 12.8. The smallest absolute Gasteiger partial charge is 0.330 e. The number of hydrogen-bond acceptors (Lipinski definition) is 2. The first kappa shape index (κ1) is 15.4. The summed E-state index contributed by atoms with van der Waals surface area (Å²) < 4.78 is 5.88. The summed E-state index contributed by atoms with van der Waals surface area (Å²) in [7, 11) is 4.40. The zero-order chi connectivity index (χ0) is 14.3. The molecule has 0 saturated carbocycles. The maximum absolute atomic E-state index is 10.9. The van der Waals surface area contributed by atoms with Gasteiger partial charge >= 0.3 is 5.97 Å². The highest BCUT2D eigenvalue weighted by Crippen LogP contribution is 2.24. The van der Waals surface area contributed by atoms with E-state index in [9.17, 15) is 4.79 Å². The Labute approximate surface area is 116 Å². The van der Waals surface area contributed by atoms with Gasteiger partial charge in [-0.2, -0.15) is 0 Å². The minimum atomic E-state index is -0.346. The van der Waals surface area contributed by atoms with Crippen LogP contribution in [0.2, 0.25) is 0 Å². The highest BCUT2D eigenvalue weighted by atomic mass is 16.5. The van der Waals surface area contributed by atoms with E-state index in [2.05, 4.69) is 51.9 Å². The van der Waals surface area contributed by atoms with Crippen LogP contribution in [0, 0.1) is 0 Å². The number of rotatable bonds is 7. The van der Waals surface area contributed by atoms with Crippen molar-refractivity contribution in [3.8, 4) is 0 Å². The van der Waals surface area contributed by atoms with Crippen LogP contribution in [0.5, 0.6) is 0 Å². The fraction of sp³-hybridized carbons (Fsp3) is 0.438. The second kappa shape index (κ2) is 7.10. The molecular formula is C16H24NO2+. The van der Waals surface area contributed by atoms with Crippen molar-refractivity contribution in [1.29, 1.82) is 0 Å². The molecule has 3 heteroatoms. The lowest BCUT2D eigenvalue weighted by Gasteiger charge is -2.36. The maximum Gasteiger partial charge on any atom is 0.330 e. The van der Waals surface area contributed by atoms with Crippen molar-refractivity contribution in [2.75, 3.05) is 27.2 Å². The number of ether oxygens (including phenoxy) is 1. The van der Waals surface area contributed by atoms with Crippen molar-refractivity contribution in [3.05, 3.63) is 48.6 Å². The molecule has 0 spiro atoms. The van der Waals surface area contributed by atoms with E-state index in [1.165, 1.54) is 11.6 Å². The highest BCUT2D eigenvalue weighted by Gasteiger charge is 2.24. The van der Waals surface area contributed by atoms with E-state index >= 15 is 0 Å². The molecular weight excluding hydrogens is 238 g/mol. The second-order valence-corrected chi connectivity index (χ2v) is 5.31. The van der Waals surface area contributed by atoms with Gasteiger partial charge in [-0.1, -0.05) is 36.9 Å². The second-order valence-electron chi connectivity index (χ2n) is 5.31. The van der Waals surface area contributed by atoms with Gasteiger partial charge in [0.2, 0.25) is 0 Å². The molecule has 0 aliphatic heterocycles. The van der Waals surface area contributed by atoms with Gasteiger partial charge in [-0.05, 0) is 6.92 Å². The topological polar surface area (TPSA) is 26.3 Å². The van der Waals surface area contributed by atoms with Gasteiger partial charge in [-0.25, -0.2) is 4.79 Å². The van der Waals surface area contributed by atoms with Crippen LogP contribution in [0.15, 0.2) is 43.0 Å². The first-order chi connectivity index (χ1) is 8.97. The third kappa shape index (κ3) is 4.87. The van der Waals surface area contributed by atoms with Crippen LogP contribution >= 0.6 is 0 Å². The molecule has 1 unspecified atom stereocenters. The lowest BCUT2D eigenvalue weighted by atomic mass is 10.1. The Kier molecular flexibility index (Phi) is 5.77. The predicted molar refractivity (Wildman–Crippen MR) is 77.6 cm³/mol. The van der Waals surface area contributed by atoms with Crippen molar-refractivity contribution >= 4 is 5.97 Å². The highest BCUT2D eigenvalue weighted by molar-refractivity contribution is 5.81. The Morgan fingerprint density at radius 1 is 1.37 bits per heavy atom. The average Bonchev–Trinajstić information content (AvgIpc) is 2.43. The van der Waals surface area contributed by atoms with Crippen molar-refractivity contribution < 1.29 is 14.0 Å². The first-order valence-electron chi connectivity index (χ1n) is 6.64. The Hall–Kier alpha value is -1.61. The van der Waals surface area contributed by atoms with Gasteiger partial charge < -0.3 is 9.22 Å². The summed E-state index contributed by atoms with van der Waals surface area (Å²) in [4.78, 5) is 10.9. The van der Waals surface area contributed by atoms with E-state index in [-0.39, 0.29) is 5.97 Å². The van der Waals surface area contributed by atoms with Gasteiger partial charge in [0.25, 0.3) is 0 Å². The van der Waals surface area contributed by atoms with Crippen LogP contribution in [0.25, 0.3) is 0 Å². The van der Waals surface area contributed by atoms with Crippen molar-refractivity contribution in [2.24, 2.45) is 0 Å². The molecule has 0 aliphatic carbocycles. The van der Waals surface area contributed by atoms with Crippen LogP contribution in [0.4, 0.5) is 0 Å². The molecule has 0 saturated heterocycles. The molecule has 1 aromatic rings. The van der Waals surface area contributed by atoms with Crippen LogP contribution in [0.1, 0.15) is 24.9 Å². The standard InChI is InChI=1S/C16H24NO2/c1-5-16(18)19-13-9-12-17(3,4)14(2)15-10-7-6-8-11-15/h5-8,10-11,14H,1,9,12-13H2,2-4H3/q+1. The average molecular weight is 262 g/mol. The molecule has 0 heterocycles. The van der Waals surface area contributed by atoms with Gasteiger partial charge in [0.05, 0.1) is 27.2 Å². The number of quaternary nitrogens is 1. The molecule has 1 atom stereocenters. The molecule has 0 fully saturated rings. The third-order valence-corrected chi connectivity index (χ3v) is 3.62. The van der Waals surface area contributed by atoms with Crippen LogP contribution in [0.3, 0.4) is 0 Å². The van der Waals surface area contributed by atoms with Crippen LogP contribution < -0.4 is 0 Å². The molecule has 0 aliphatic rings. The summed E-state index contributed by atoms with van der Waals surface area (Å²) in [5.74, 6) is -0.346. The van der Waals surface area contributed by atoms with Crippen LogP contribution in [-0.4, -0.2) is 37.7 Å². The van der Waals surface area contributed by atoms with E-state index < -0.39 is 0 Å². The van der Waals surface area contributed by atoms with Gasteiger partial charge in [0.15, 0.2) is 0 Å². The summed E-state index contributed by atoms with van der Waals surface area (Å²) in [6.45, 7) is 7.02.